The van der Waals surface area contributed by atoms with Crippen molar-refractivity contribution in [2.45, 2.75) is 27.3 Å². The lowest BCUT2D eigenvalue weighted by atomic mass is 10.3. The first-order chi connectivity index (χ1) is 11.6. The number of aromatic nitrogens is 1. The molecule has 9 heteroatoms. The predicted octanol–water partition coefficient (Wildman–Crippen LogP) is 1.29. The van der Waals surface area contributed by atoms with Crippen LogP contribution in [0.3, 0.4) is 0 Å². The zero-order valence-corrected chi connectivity index (χ0v) is 18.4. The summed E-state index contributed by atoms with van der Waals surface area (Å²) < 4.78 is 0. The van der Waals surface area contributed by atoms with E-state index in [0.29, 0.717) is 6.54 Å². The molecule has 0 saturated carbocycles. The number of thiazole rings is 1. The monoisotopic (exact) mass is 480 g/mol. The molecule has 1 aliphatic rings. The molecular weight excluding hydrogens is 451 g/mol. The maximum Gasteiger partial charge on any atom is 0.219 e. The van der Waals surface area contributed by atoms with Gasteiger partial charge >= 0.3 is 0 Å². The molecule has 1 aromatic heterocycles. The van der Waals surface area contributed by atoms with Crippen molar-refractivity contribution in [1.29, 1.82) is 0 Å². The normalized spacial score (nSPS) is 15.6. The molecule has 1 saturated heterocycles. The van der Waals surface area contributed by atoms with Crippen molar-refractivity contribution >= 4 is 47.2 Å². The lowest BCUT2D eigenvalue weighted by Gasteiger charge is -2.34. The number of halogens is 1. The van der Waals surface area contributed by atoms with Gasteiger partial charge in [0.05, 0.1) is 6.54 Å². The van der Waals surface area contributed by atoms with Crippen LogP contribution < -0.4 is 10.6 Å². The van der Waals surface area contributed by atoms with Gasteiger partial charge in [-0.25, -0.2) is 9.98 Å². The molecule has 2 heterocycles. The molecule has 0 bridgehead atoms. The average molecular weight is 480 g/mol. The fraction of sp³-hybridized carbons (Fsp3) is 0.688. The van der Waals surface area contributed by atoms with Crippen molar-refractivity contribution in [3.05, 3.63) is 16.1 Å². The predicted molar refractivity (Wildman–Crippen MR) is 114 cm³/mol. The van der Waals surface area contributed by atoms with Gasteiger partial charge in [0.1, 0.15) is 5.01 Å². The highest BCUT2D eigenvalue weighted by Crippen LogP contribution is 2.11. The Bertz CT molecular complexity index is 557. The third kappa shape index (κ3) is 7.87. The maximum atomic E-state index is 11.3. The number of hydrogen-bond acceptors (Lipinski definition) is 5. The quantitative estimate of drug-likeness (QED) is 0.365. The van der Waals surface area contributed by atoms with Crippen LogP contribution in [-0.2, 0) is 11.3 Å². The molecule has 0 atom stereocenters. The number of guanidine groups is 1. The summed E-state index contributed by atoms with van der Waals surface area (Å²) in [5.74, 6) is 1.000. The highest BCUT2D eigenvalue weighted by Gasteiger charge is 2.17. The molecule has 1 amide bonds. The van der Waals surface area contributed by atoms with E-state index in [2.05, 4.69) is 39.4 Å². The van der Waals surface area contributed by atoms with Crippen molar-refractivity contribution in [3.63, 3.8) is 0 Å². The summed E-state index contributed by atoms with van der Waals surface area (Å²) in [5, 5.41) is 7.67. The third-order valence-corrected chi connectivity index (χ3v) is 4.82. The van der Waals surface area contributed by atoms with E-state index in [9.17, 15) is 4.79 Å². The topological polar surface area (TPSA) is 72.9 Å². The summed E-state index contributed by atoms with van der Waals surface area (Å²) in [6, 6.07) is 0. The number of nitrogens with one attached hydrogen (secondary N) is 2. The maximum absolute atomic E-state index is 11.3. The van der Waals surface area contributed by atoms with E-state index in [4.69, 9.17) is 0 Å². The van der Waals surface area contributed by atoms with Crippen LogP contribution in [0.1, 0.15) is 23.7 Å². The Balaban J connectivity index is 0.00000312. The summed E-state index contributed by atoms with van der Waals surface area (Å²) in [7, 11) is 0. The van der Waals surface area contributed by atoms with Crippen LogP contribution in [0, 0.1) is 6.92 Å². The Labute approximate surface area is 171 Å². The van der Waals surface area contributed by atoms with Gasteiger partial charge in [0.15, 0.2) is 5.96 Å². The molecule has 1 aliphatic heterocycles. The smallest absolute Gasteiger partial charge is 0.219 e. The number of aliphatic imine (C=N–C) groups is 1. The largest absolute Gasteiger partial charge is 0.357 e. The molecule has 1 aromatic rings. The molecule has 2 N–H and O–H groups in total. The lowest BCUT2D eigenvalue weighted by molar-refractivity contribution is -0.130. The van der Waals surface area contributed by atoms with Gasteiger partial charge in [0.25, 0.3) is 0 Å². The first-order valence-electron chi connectivity index (χ1n) is 8.50. The molecule has 0 aromatic carbocycles. The SMILES string of the molecule is CCNC(=NCc1ncc(C)s1)NCCN1CCN(C(C)=O)CC1.I. The average Bonchev–Trinajstić information content (AvgIpc) is 2.98. The van der Waals surface area contributed by atoms with Crippen LogP contribution in [0.4, 0.5) is 0 Å². The van der Waals surface area contributed by atoms with Gasteiger partial charge in [-0.15, -0.1) is 35.3 Å². The lowest BCUT2D eigenvalue weighted by Crippen LogP contribution is -2.50. The van der Waals surface area contributed by atoms with Gasteiger partial charge in [-0.05, 0) is 13.8 Å². The number of nitrogens with zero attached hydrogens (tertiary/aromatic N) is 4. The van der Waals surface area contributed by atoms with E-state index in [1.807, 2.05) is 11.1 Å². The second kappa shape index (κ2) is 11.6. The molecule has 0 spiro atoms. The first-order valence-corrected chi connectivity index (χ1v) is 9.31. The van der Waals surface area contributed by atoms with Crippen molar-refractivity contribution in [2.24, 2.45) is 4.99 Å². The number of carbonyl (C=O) groups is 1. The van der Waals surface area contributed by atoms with Crippen LogP contribution in [0.5, 0.6) is 0 Å². The highest BCUT2D eigenvalue weighted by atomic mass is 127. The minimum absolute atomic E-state index is 0. The van der Waals surface area contributed by atoms with Crippen molar-refractivity contribution < 1.29 is 4.79 Å². The fourth-order valence-electron chi connectivity index (χ4n) is 2.58. The summed E-state index contributed by atoms with van der Waals surface area (Å²) in [6.45, 7) is 12.5. The van der Waals surface area contributed by atoms with E-state index in [1.54, 1.807) is 18.3 Å². The Kier molecular flexibility index (Phi) is 10.3. The molecule has 142 valence electrons. The summed E-state index contributed by atoms with van der Waals surface area (Å²) in [5.41, 5.74) is 0. The van der Waals surface area contributed by atoms with Gasteiger partial charge in [0, 0.05) is 63.8 Å². The zero-order chi connectivity index (χ0) is 17.4. The number of hydrogen-bond donors (Lipinski definition) is 2. The molecule has 0 aliphatic carbocycles. The Hall–Kier alpha value is -0.940. The molecule has 1 fully saturated rings. The van der Waals surface area contributed by atoms with Gasteiger partial charge in [-0.3, -0.25) is 9.69 Å². The van der Waals surface area contributed by atoms with Crippen LogP contribution in [0.15, 0.2) is 11.2 Å². The Morgan fingerprint density at radius 1 is 1.32 bits per heavy atom. The molecule has 25 heavy (non-hydrogen) atoms. The van der Waals surface area contributed by atoms with Crippen molar-refractivity contribution in [2.75, 3.05) is 45.8 Å². The molecule has 0 radical (unpaired) electrons. The van der Waals surface area contributed by atoms with Gasteiger partial charge < -0.3 is 15.5 Å². The summed E-state index contributed by atoms with van der Waals surface area (Å²) >= 11 is 1.68. The van der Waals surface area contributed by atoms with E-state index in [0.717, 1.165) is 56.8 Å². The Morgan fingerprint density at radius 2 is 2.04 bits per heavy atom. The van der Waals surface area contributed by atoms with Crippen molar-refractivity contribution in [3.8, 4) is 0 Å². The Morgan fingerprint density at radius 3 is 2.60 bits per heavy atom. The van der Waals surface area contributed by atoms with Gasteiger partial charge in [-0.2, -0.15) is 0 Å². The zero-order valence-electron chi connectivity index (χ0n) is 15.2. The van der Waals surface area contributed by atoms with Gasteiger partial charge in [0.2, 0.25) is 5.91 Å². The fourth-order valence-corrected chi connectivity index (χ4v) is 3.29. The summed E-state index contributed by atoms with van der Waals surface area (Å²) in [6.07, 6.45) is 1.89. The first kappa shape index (κ1) is 22.1. The molecule has 2 rings (SSSR count). The van der Waals surface area contributed by atoms with E-state index < -0.39 is 0 Å². The second-order valence-electron chi connectivity index (χ2n) is 5.83. The van der Waals surface area contributed by atoms with Gasteiger partial charge in [-0.1, -0.05) is 0 Å². The van der Waals surface area contributed by atoms with Crippen LogP contribution in [-0.4, -0.2) is 72.5 Å². The number of carbonyl (C=O) groups excluding carboxylic acids is 1. The molecular formula is C16H29IN6OS. The molecule has 7 nitrogen and oxygen atoms in total. The number of amides is 1. The standard InChI is InChI=1S/C16H28N6OS.HI/c1-4-17-16(20-12-15-19-11-13(2)24-15)18-5-6-21-7-9-22(10-8-21)14(3)23;/h11H,4-10,12H2,1-3H3,(H2,17,18,20);1H. The number of rotatable bonds is 6. The molecule has 0 unspecified atom stereocenters. The number of aryl methyl sites for hydroxylation is 1. The van der Waals surface area contributed by atoms with E-state index in [1.165, 1.54) is 4.88 Å². The second-order valence-corrected chi connectivity index (χ2v) is 7.15. The van der Waals surface area contributed by atoms with Crippen LogP contribution >= 0.6 is 35.3 Å². The highest BCUT2D eigenvalue weighted by molar-refractivity contribution is 14.0. The number of piperazine rings is 1. The minimum Gasteiger partial charge on any atom is -0.357 e. The van der Waals surface area contributed by atoms with Crippen LogP contribution in [0.25, 0.3) is 0 Å². The summed E-state index contributed by atoms with van der Waals surface area (Å²) in [4.78, 5) is 25.8. The van der Waals surface area contributed by atoms with E-state index in [-0.39, 0.29) is 29.9 Å². The van der Waals surface area contributed by atoms with Crippen LogP contribution in [0.2, 0.25) is 0 Å². The third-order valence-electron chi connectivity index (χ3n) is 3.92. The minimum atomic E-state index is 0. The van der Waals surface area contributed by atoms with Crippen molar-refractivity contribution in [1.82, 2.24) is 25.4 Å². The van der Waals surface area contributed by atoms with E-state index >= 15 is 0 Å².